The van der Waals surface area contributed by atoms with Gasteiger partial charge in [-0.25, -0.2) is 0 Å². The Morgan fingerprint density at radius 2 is 2.38 bits per heavy atom. The molecule has 0 spiro atoms. The molecule has 0 radical (unpaired) electrons. The van der Waals surface area contributed by atoms with E-state index < -0.39 is 0 Å². The molecule has 0 bridgehead atoms. The summed E-state index contributed by atoms with van der Waals surface area (Å²) in [7, 11) is 1.39. The summed E-state index contributed by atoms with van der Waals surface area (Å²) >= 11 is 7.91. The number of methoxy groups -OCH3 is 1. The average molecular weight is 354 g/mol. The number of hydrogen-bond donors (Lipinski definition) is 1. The molecule has 0 aromatic heterocycles. The molecule has 0 amide bonds. The first-order valence-corrected chi connectivity index (χ1v) is 6.43. The van der Waals surface area contributed by atoms with Gasteiger partial charge in [-0.2, -0.15) is 0 Å². The first-order valence-electron chi connectivity index (χ1n) is 4.80. The Hall–Kier alpha value is -0.330. The minimum atomic E-state index is -0.209. The standard InChI is InChI=1S/C11H13ClINO2/c1-16-11(15)10(13)7-14-6-8-3-2-4-9(12)5-8/h2-5,10,14H,6-7H2,1H3. The molecule has 1 unspecified atom stereocenters. The average Bonchev–Trinajstić information content (AvgIpc) is 2.28. The Balaban J connectivity index is 2.33. The van der Waals surface area contributed by atoms with Crippen molar-refractivity contribution in [1.29, 1.82) is 0 Å². The molecule has 5 heteroatoms. The monoisotopic (exact) mass is 353 g/mol. The fourth-order valence-corrected chi connectivity index (χ4v) is 1.98. The van der Waals surface area contributed by atoms with E-state index >= 15 is 0 Å². The lowest BCUT2D eigenvalue weighted by molar-refractivity contribution is -0.139. The van der Waals surface area contributed by atoms with Crippen LogP contribution in [-0.2, 0) is 16.1 Å². The van der Waals surface area contributed by atoms with Gasteiger partial charge in [0.15, 0.2) is 0 Å². The lowest BCUT2D eigenvalue weighted by Crippen LogP contribution is -2.29. The van der Waals surface area contributed by atoms with Crippen molar-refractivity contribution in [1.82, 2.24) is 5.32 Å². The largest absolute Gasteiger partial charge is 0.468 e. The number of rotatable bonds is 5. The van der Waals surface area contributed by atoms with Gasteiger partial charge < -0.3 is 10.1 Å². The summed E-state index contributed by atoms with van der Waals surface area (Å²) in [5.74, 6) is -0.209. The number of nitrogens with one attached hydrogen (secondary N) is 1. The zero-order valence-electron chi connectivity index (χ0n) is 8.87. The predicted octanol–water partition coefficient (Wildman–Crippen LogP) is 2.41. The normalized spacial score (nSPS) is 12.2. The maximum absolute atomic E-state index is 11.1. The van der Waals surface area contributed by atoms with E-state index in [0.717, 1.165) is 10.6 Å². The van der Waals surface area contributed by atoms with Crippen molar-refractivity contribution in [3.63, 3.8) is 0 Å². The van der Waals surface area contributed by atoms with Crippen molar-refractivity contribution in [2.45, 2.75) is 10.5 Å². The summed E-state index contributed by atoms with van der Waals surface area (Å²) in [6.45, 7) is 1.27. The quantitative estimate of drug-likeness (QED) is 0.502. The van der Waals surface area contributed by atoms with Crippen LogP contribution in [0, 0.1) is 0 Å². The molecule has 0 saturated heterocycles. The van der Waals surface area contributed by atoms with Gasteiger partial charge in [0.1, 0.15) is 3.92 Å². The highest BCUT2D eigenvalue weighted by atomic mass is 127. The molecule has 1 atom stereocenters. The number of halogens is 2. The number of ether oxygens (including phenoxy) is 1. The van der Waals surface area contributed by atoms with Gasteiger partial charge in [0.2, 0.25) is 0 Å². The Morgan fingerprint density at radius 1 is 1.62 bits per heavy atom. The van der Waals surface area contributed by atoms with Crippen molar-refractivity contribution in [2.75, 3.05) is 13.7 Å². The van der Waals surface area contributed by atoms with Crippen molar-refractivity contribution < 1.29 is 9.53 Å². The van der Waals surface area contributed by atoms with E-state index in [1.165, 1.54) is 7.11 Å². The fraction of sp³-hybridized carbons (Fsp3) is 0.364. The Kier molecular flexibility index (Phi) is 6.08. The molecule has 88 valence electrons. The molecular weight excluding hydrogens is 340 g/mol. The second-order valence-corrected chi connectivity index (χ2v) is 5.19. The summed E-state index contributed by atoms with van der Waals surface area (Å²) in [6.07, 6.45) is 0. The van der Waals surface area contributed by atoms with E-state index in [1.807, 2.05) is 24.3 Å². The van der Waals surface area contributed by atoms with Crippen molar-refractivity contribution in [3.8, 4) is 0 Å². The molecule has 0 saturated carbocycles. The van der Waals surface area contributed by atoms with Gasteiger partial charge in [-0.1, -0.05) is 46.3 Å². The van der Waals surface area contributed by atoms with Crippen LogP contribution in [0.1, 0.15) is 5.56 Å². The van der Waals surface area contributed by atoms with Gasteiger partial charge in [-0.15, -0.1) is 0 Å². The van der Waals surface area contributed by atoms with Crippen LogP contribution in [0.5, 0.6) is 0 Å². The van der Waals surface area contributed by atoms with Gasteiger partial charge in [0.25, 0.3) is 0 Å². The lowest BCUT2D eigenvalue weighted by Gasteiger charge is -2.09. The van der Waals surface area contributed by atoms with Gasteiger partial charge in [0.05, 0.1) is 7.11 Å². The van der Waals surface area contributed by atoms with Crippen LogP contribution in [0.25, 0.3) is 0 Å². The Labute approximate surface area is 114 Å². The topological polar surface area (TPSA) is 38.3 Å². The molecule has 0 aliphatic heterocycles. The van der Waals surface area contributed by atoms with Crippen molar-refractivity contribution in [2.24, 2.45) is 0 Å². The van der Waals surface area contributed by atoms with Crippen LogP contribution in [0.4, 0.5) is 0 Å². The zero-order valence-corrected chi connectivity index (χ0v) is 11.8. The maximum atomic E-state index is 11.1. The second-order valence-electron chi connectivity index (χ2n) is 3.25. The van der Waals surface area contributed by atoms with E-state index in [2.05, 4.69) is 32.6 Å². The summed E-state index contributed by atoms with van der Waals surface area (Å²) in [6, 6.07) is 7.62. The Morgan fingerprint density at radius 3 is 3.00 bits per heavy atom. The summed E-state index contributed by atoms with van der Waals surface area (Å²) in [5.41, 5.74) is 1.10. The third-order valence-corrected chi connectivity index (χ3v) is 3.18. The predicted molar refractivity (Wildman–Crippen MR) is 73.0 cm³/mol. The first kappa shape index (κ1) is 13.7. The second kappa shape index (κ2) is 7.09. The number of alkyl halides is 1. The van der Waals surface area contributed by atoms with E-state index in [0.29, 0.717) is 13.1 Å². The molecule has 0 heterocycles. The minimum absolute atomic E-state index is 0.165. The summed E-state index contributed by atoms with van der Waals surface area (Å²) < 4.78 is 4.46. The molecule has 1 rings (SSSR count). The number of carbonyl (C=O) groups is 1. The van der Waals surface area contributed by atoms with Crippen molar-refractivity contribution in [3.05, 3.63) is 34.9 Å². The van der Waals surface area contributed by atoms with E-state index in [1.54, 1.807) is 0 Å². The van der Waals surface area contributed by atoms with E-state index in [-0.39, 0.29) is 9.89 Å². The molecule has 1 aromatic carbocycles. The highest BCUT2D eigenvalue weighted by Gasteiger charge is 2.13. The molecule has 0 aliphatic rings. The molecular formula is C11H13ClINO2. The fourth-order valence-electron chi connectivity index (χ4n) is 1.20. The number of esters is 1. The number of hydrogen-bond acceptors (Lipinski definition) is 3. The third-order valence-electron chi connectivity index (χ3n) is 2.00. The van der Waals surface area contributed by atoms with Crippen LogP contribution < -0.4 is 5.32 Å². The van der Waals surface area contributed by atoms with E-state index in [4.69, 9.17) is 11.6 Å². The van der Waals surface area contributed by atoms with Crippen LogP contribution in [0.15, 0.2) is 24.3 Å². The maximum Gasteiger partial charge on any atom is 0.319 e. The van der Waals surface area contributed by atoms with Crippen LogP contribution in [-0.4, -0.2) is 23.5 Å². The number of carbonyl (C=O) groups excluding carboxylic acids is 1. The van der Waals surface area contributed by atoms with Gasteiger partial charge in [0, 0.05) is 18.1 Å². The van der Waals surface area contributed by atoms with Crippen LogP contribution in [0.2, 0.25) is 5.02 Å². The molecule has 3 nitrogen and oxygen atoms in total. The highest BCUT2D eigenvalue weighted by Crippen LogP contribution is 2.10. The van der Waals surface area contributed by atoms with Gasteiger partial charge in [-0.3, -0.25) is 4.79 Å². The molecule has 1 aromatic rings. The smallest absolute Gasteiger partial charge is 0.319 e. The van der Waals surface area contributed by atoms with Crippen LogP contribution in [0.3, 0.4) is 0 Å². The zero-order chi connectivity index (χ0) is 12.0. The molecule has 0 fully saturated rings. The molecule has 0 aliphatic carbocycles. The Bertz CT molecular complexity index is 360. The van der Waals surface area contributed by atoms with Gasteiger partial charge >= 0.3 is 5.97 Å². The summed E-state index contributed by atoms with van der Waals surface area (Å²) in [4.78, 5) is 11.1. The molecule has 1 N–H and O–H groups in total. The van der Waals surface area contributed by atoms with Crippen LogP contribution >= 0.6 is 34.2 Å². The number of benzene rings is 1. The van der Waals surface area contributed by atoms with E-state index in [9.17, 15) is 4.79 Å². The third kappa shape index (κ3) is 4.67. The van der Waals surface area contributed by atoms with Gasteiger partial charge in [-0.05, 0) is 17.7 Å². The minimum Gasteiger partial charge on any atom is -0.468 e. The van der Waals surface area contributed by atoms with Crippen molar-refractivity contribution >= 4 is 40.2 Å². The molecule has 16 heavy (non-hydrogen) atoms. The SMILES string of the molecule is COC(=O)C(I)CNCc1cccc(Cl)c1. The highest BCUT2D eigenvalue weighted by molar-refractivity contribution is 14.1. The summed E-state index contributed by atoms with van der Waals surface area (Å²) in [5, 5.41) is 3.90. The lowest BCUT2D eigenvalue weighted by atomic mass is 10.2. The first-order chi connectivity index (χ1) is 7.63.